The topological polar surface area (TPSA) is 63.2 Å². The fourth-order valence-corrected chi connectivity index (χ4v) is 2.92. The minimum absolute atomic E-state index is 0. The molecule has 0 aromatic heterocycles. The summed E-state index contributed by atoms with van der Waals surface area (Å²) in [6, 6.07) is 7.39. The first-order valence-corrected chi connectivity index (χ1v) is 10.5. The molecule has 3 nitrogen and oxygen atoms in total. The van der Waals surface area contributed by atoms with Crippen LogP contribution < -0.4 is 10.2 Å². The third-order valence-corrected chi connectivity index (χ3v) is 4.75. The van der Waals surface area contributed by atoms with Crippen molar-refractivity contribution >= 4 is 54.9 Å². The smallest absolute Gasteiger partial charge is 0.872 e. The van der Waals surface area contributed by atoms with Crippen LogP contribution in [0.15, 0.2) is 24.3 Å². The van der Waals surface area contributed by atoms with Crippen molar-refractivity contribution < 1.29 is 42.3 Å². The first-order valence-electron chi connectivity index (χ1n) is 10.5. The van der Waals surface area contributed by atoms with Crippen molar-refractivity contribution in [3.05, 3.63) is 29.8 Å². The number of carboxylic acids is 1. The van der Waals surface area contributed by atoms with Gasteiger partial charge in [-0.05, 0) is 31.6 Å². The van der Waals surface area contributed by atoms with Gasteiger partial charge in [0.1, 0.15) is 0 Å². The van der Waals surface area contributed by atoms with Crippen LogP contribution in [0.25, 0.3) is 0 Å². The van der Waals surface area contributed by atoms with Crippen molar-refractivity contribution in [3.63, 3.8) is 0 Å². The third kappa shape index (κ3) is 19.0. The summed E-state index contributed by atoms with van der Waals surface area (Å²) in [5.41, 5.74) is 0.982. The summed E-state index contributed by atoms with van der Waals surface area (Å²) >= 11 is 0. The molecule has 0 aliphatic heterocycles. The quantitative estimate of drug-likeness (QED) is 0.242. The van der Waals surface area contributed by atoms with Crippen molar-refractivity contribution in [2.24, 2.45) is 5.92 Å². The van der Waals surface area contributed by atoms with Crippen LogP contribution in [0.4, 0.5) is 0 Å². The van der Waals surface area contributed by atoms with Gasteiger partial charge in [-0.2, -0.15) is 0 Å². The average molecular weight is 612 g/mol. The Morgan fingerprint density at radius 1 is 0.893 bits per heavy atom. The number of hydrogen-bond acceptors (Lipinski definition) is 3. The van der Waals surface area contributed by atoms with Gasteiger partial charge in [0.2, 0.25) is 0 Å². The molecule has 0 N–H and O–H groups in total. The Bertz CT molecular complexity index is 469. The SMILES string of the molecule is CCCCC(CC)C(=O)[O-].CCCCCCCCCc1ccccc1[O-].[Ba+2].[Cd]. The largest absolute Gasteiger partial charge is 2.00 e. The minimum Gasteiger partial charge on any atom is -0.872 e. The maximum atomic E-state index is 11.4. The summed E-state index contributed by atoms with van der Waals surface area (Å²) in [4.78, 5) is 10.3. The van der Waals surface area contributed by atoms with E-state index in [9.17, 15) is 15.0 Å². The molecule has 0 heterocycles. The van der Waals surface area contributed by atoms with Gasteiger partial charge in [-0.1, -0.05) is 102 Å². The minimum atomic E-state index is -0.893. The molecule has 5 heteroatoms. The summed E-state index contributed by atoms with van der Waals surface area (Å²) in [5, 5.41) is 21.7. The Hall–Kier alpha value is 0.984. The van der Waals surface area contributed by atoms with Crippen LogP contribution in [-0.2, 0) is 38.5 Å². The van der Waals surface area contributed by atoms with Crippen molar-refractivity contribution in [2.75, 3.05) is 0 Å². The Morgan fingerprint density at radius 2 is 1.43 bits per heavy atom. The molecule has 1 atom stereocenters. The third-order valence-electron chi connectivity index (χ3n) is 4.75. The van der Waals surface area contributed by atoms with Crippen LogP contribution >= 0.6 is 0 Å². The molecule has 1 aromatic carbocycles. The van der Waals surface area contributed by atoms with E-state index in [-0.39, 0.29) is 87.8 Å². The van der Waals surface area contributed by atoms with Crippen molar-refractivity contribution in [1.29, 1.82) is 0 Å². The molecule has 1 rings (SSSR count). The number of rotatable bonds is 13. The van der Waals surface area contributed by atoms with Crippen LogP contribution in [0, 0.1) is 5.92 Å². The predicted molar refractivity (Wildman–Crippen MR) is 112 cm³/mol. The number of para-hydroxylation sites is 1. The van der Waals surface area contributed by atoms with Crippen LogP contribution in [0.1, 0.15) is 97.0 Å². The predicted octanol–water partition coefficient (Wildman–Crippen LogP) is 4.62. The number of carbonyl (C=O) groups is 1. The molecule has 1 aromatic rings. The van der Waals surface area contributed by atoms with Gasteiger partial charge in [-0.15, -0.1) is 5.75 Å². The van der Waals surface area contributed by atoms with Crippen molar-refractivity contribution in [1.82, 2.24) is 0 Å². The molecule has 0 radical (unpaired) electrons. The van der Waals surface area contributed by atoms with Crippen molar-refractivity contribution in [3.8, 4) is 5.75 Å². The van der Waals surface area contributed by atoms with Gasteiger partial charge in [-0.25, -0.2) is 0 Å². The van der Waals surface area contributed by atoms with Crippen LogP contribution in [0.3, 0.4) is 0 Å². The van der Waals surface area contributed by atoms with Crippen LogP contribution in [-0.4, -0.2) is 54.9 Å². The summed E-state index contributed by atoms with van der Waals surface area (Å²) in [6.07, 6.45) is 13.6. The molecule has 0 aliphatic rings. The molecule has 0 aliphatic carbocycles. The average Bonchev–Trinajstić information content (AvgIpc) is 2.63. The summed E-state index contributed by atoms with van der Waals surface area (Å²) in [7, 11) is 0. The number of carboxylic acid groups (broad SMARTS) is 1. The molecular formula is C23H38BaCdO3. The van der Waals surface area contributed by atoms with Crippen molar-refractivity contribution in [2.45, 2.75) is 97.8 Å². The molecule has 0 amide bonds. The summed E-state index contributed by atoms with van der Waals surface area (Å²) < 4.78 is 0. The molecule has 0 fully saturated rings. The van der Waals surface area contributed by atoms with E-state index in [1.54, 1.807) is 6.07 Å². The Balaban J connectivity index is -0.000000458. The van der Waals surface area contributed by atoms with Gasteiger partial charge < -0.3 is 15.0 Å². The maximum absolute atomic E-state index is 11.4. The Labute approximate surface area is 233 Å². The van der Waals surface area contributed by atoms with E-state index < -0.39 is 5.97 Å². The zero-order valence-corrected chi connectivity index (χ0v) is 27.0. The zero-order valence-electron chi connectivity index (χ0n) is 18.5. The Kier molecular flexibility index (Phi) is 29.1. The van der Waals surface area contributed by atoms with E-state index in [0.717, 1.165) is 37.7 Å². The summed E-state index contributed by atoms with van der Waals surface area (Å²) in [5.74, 6) is -0.913. The monoisotopic (exact) mass is 614 g/mol. The second-order valence-corrected chi connectivity index (χ2v) is 7.05. The number of carbonyl (C=O) groups excluding carboxylic acids is 1. The van der Waals surface area contributed by atoms with E-state index >= 15 is 0 Å². The Morgan fingerprint density at radius 3 is 1.93 bits per heavy atom. The number of aryl methyl sites for hydroxylation is 1. The molecule has 1 unspecified atom stereocenters. The van der Waals surface area contributed by atoms with Gasteiger partial charge in [0, 0.05) is 33.3 Å². The number of aliphatic carboxylic acids is 1. The van der Waals surface area contributed by atoms with Gasteiger partial charge in [0.05, 0.1) is 0 Å². The maximum Gasteiger partial charge on any atom is 2.00 e. The zero-order chi connectivity index (χ0) is 19.6. The number of benzene rings is 1. The summed E-state index contributed by atoms with van der Waals surface area (Å²) in [6.45, 7) is 6.18. The van der Waals surface area contributed by atoms with Gasteiger partial charge in [-0.3, -0.25) is 0 Å². The molecule has 0 saturated carbocycles. The molecular weight excluding hydrogens is 574 g/mol. The van der Waals surface area contributed by atoms with E-state index in [1.165, 1.54) is 38.5 Å². The molecule has 152 valence electrons. The van der Waals surface area contributed by atoms with Gasteiger partial charge in [0.25, 0.3) is 0 Å². The number of unbranched alkanes of at least 4 members (excludes halogenated alkanes) is 7. The first-order chi connectivity index (χ1) is 12.6. The van der Waals surface area contributed by atoms with Gasteiger partial charge in [0.15, 0.2) is 0 Å². The molecule has 0 bridgehead atoms. The fourth-order valence-electron chi connectivity index (χ4n) is 2.92. The van der Waals surface area contributed by atoms with Crippen LogP contribution in [0.5, 0.6) is 5.75 Å². The normalized spacial score (nSPS) is 10.7. The molecule has 28 heavy (non-hydrogen) atoms. The molecule has 0 saturated heterocycles. The van der Waals surface area contributed by atoms with E-state index in [2.05, 4.69) is 13.8 Å². The second-order valence-electron chi connectivity index (χ2n) is 7.05. The van der Waals surface area contributed by atoms with E-state index in [1.807, 2.05) is 25.1 Å². The van der Waals surface area contributed by atoms with E-state index in [0.29, 0.717) is 6.42 Å². The standard InChI is InChI=1S/C15H24O.C8H16O2.Ba.Cd/c1-2-3-4-5-6-7-8-11-14-12-9-10-13-15(14)16;1-3-5-6-7(4-2)8(9)10;;/h9-10,12-13,16H,2-8,11H2,1H3;7H,3-6H2,1-2H3,(H,9,10);;/q;;+2;/p-2. The van der Waals surface area contributed by atoms with Crippen LogP contribution in [0.2, 0.25) is 0 Å². The van der Waals surface area contributed by atoms with E-state index in [4.69, 9.17) is 0 Å². The second kappa shape index (κ2) is 24.3. The number of hydrogen-bond donors (Lipinski definition) is 0. The first kappa shape index (κ1) is 33.6. The fraction of sp³-hybridized carbons (Fsp3) is 0.696. The molecule has 0 spiro atoms. The van der Waals surface area contributed by atoms with Gasteiger partial charge >= 0.3 is 48.9 Å².